The Balaban J connectivity index is 0.000000791. The van der Waals surface area contributed by atoms with Crippen molar-refractivity contribution in [3.63, 3.8) is 0 Å². The van der Waals surface area contributed by atoms with E-state index < -0.39 is 0 Å². The lowest BCUT2D eigenvalue weighted by Gasteiger charge is -1.97. The lowest BCUT2D eigenvalue weighted by Crippen LogP contribution is -1.93. The highest BCUT2D eigenvalue weighted by molar-refractivity contribution is 8.14. The largest absolute Gasteiger partial charge is 0.282 e. The van der Waals surface area contributed by atoms with Crippen LogP contribution in [-0.4, -0.2) is 10.9 Å². The Bertz CT molecular complexity index is 277. The lowest BCUT2D eigenvalue weighted by molar-refractivity contribution is 0.108. The van der Waals surface area contributed by atoms with Crippen LogP contribution in [0.25, 0.3) is 0 Å². The van der Waals surface area contributed by atoms with Crippen LogP contribution in [0.5, 0.6) is 0 Å². The number of terminal acetylenes is 1. The van der Waals surface area contributed by atoms with E-state index in [1.165, 1.54) is 11.8 Å². The minimum absolute atomic E-state index is 0.178. The van der Waals surface area contributed by atoms with Gasteiger partial charge in [-0.2, -0.15) is 0 Å². The number of thioether (sulfide) groups is 1. The Morgan fingerprint density at radius 3 is 2.36 bits per heavy atom. The van der Waals surface area contributed by atoms with Crippen LogP contribution in [-0.2, 0) is 0 Å². The second-order valence-corrected chi connectivity index (χ2v) is 3.57. The van der Waals surface area contributed by atoms with Crippen molar-refractivity contribution in [1.82, 2.24) is 0 Å². The molecule has 0 radical (unpaired) electrons. The molecule has 0 N–H and O–H groups in total. The fourth-order valence-electron chi connectivity index (χ4n) is 0.852. The zero-order valence-corrected chi connectivity index (χ0v) is 9.09. The van der Waals surface area contributed by atoms with Gasteiger partial charge in [-0.3, -0.25) is 4.79 Å². The molecule has 0 saturated carbocycles. The van der Waals surface area contributed by atoms with Gasteiger partial charge in [0.1, 0.15) is 0 Å². The molecule has 0 amide bonds. The van der Waals surface area contributed by atoms with E-state index in [-0.39, 0.29) is 5.12 Å². The fourth-order valence-corrected chi connectivity index (χ4v) is 1.54. The number of hydrogen-bond acceptors (Lipinski definition) is 2. The predicted octanol–water partition coefficient (Wildman–Crippen LogP) is 3.22. The maximum atomic E-state index is 11.4. The van der Waals surface area contributed by atoms with E-state index >= 15 is 0 Å². The summed E-state index contributed by atoms with van der Waals surface area (Å²) in [5.74, 6) is 0.910. The molecule has 0 aromatic heterocycles. The summed E-state index contributed by atoms with van der Waals surface area (Å²) in [5, 5.41) is 0.178. The number of hydrogen-bond donors (Lipinski definition) is 0. The monoisotopic (exact) mass is 206 g/mol. The number of rotatable bonds is 3. The van der Waals surface area contributed by atoms with Gasteiger partial charge in [0.05, 0.1) is 0 Å². The normalized spacial score (nSPS) is 8.50. The predicted molar refractivity (Wildman–Crippen MR) is 63.4 cm³/mol. The first-order valence-corrected chi connectivity index (χ1v) is 5.38. The highest BCUT2D eigenvalue weighted by atomic mass is 32.2. The minimum atomic E-state index is 0.178. The third-order valence-electron chi connectivity index (χ3n) is 1.45. The van der Waals surface area contributed by atoms with Crippen molar-refractivity contribution in [1.29, 1.82) is 0 Å². The lowest BCUT2D eigenvalue weighted by atomic mass is 10.2. The van der Waals surface area contributed by atoms with E-state index in [1.54, 1.807) is 0 Å². The van der Waals surface area contributed by atoms with E-state index in [0.29, 0.717) is 0 Å². The summed E-state index contributed by atoms with van der Waals surface area (Å²) < 4.78 is 0. The SMILES string of the molecule is C#C.CCCSC(=O)c1ccccc1. The molecule has 1 nitrogen and oxygen atoms in total. The van der Waals surface area contributed by atoms with Gasteiger partial charge < -0.3 is 0 Å². The Morgan fingerprint density at radius 2 is 1.86 bits per heavy atom. The molecule has 14 heavy (non-hydrogen) atoms. The van der Waals surface area contributed by atoms with Crippen LogP contribution >= 0.6 is 11.8 Å². The van der Waals surface area contributed by atoms with Gasteiger partial charge in [-0.25, -0.2) is 0 Å². The minimum Gasteiger partial charge on any atom is -0.282 e. The molecule has 0 spiro atoms. The van der Waals surface area contributed by atoms with Crippen molar-refractivity contribution in [3.05, 3.63) is 35.9 Å². The van der Waals surface area contributed by atoms with Crippen molar-refractivity contribution < 1.29 is 4.79 Å². The van der Waals surface area contributed by atoms with Crippen LogP contribution in [0.4, 0.5) is 0 Å². The van der Waals surface area contributed by atoms with E-state index in [4.69, 9.17) is 0 Å². The quantitative estimate of drug-likeness (QED) is 0.706. The summed E-state index contributed by atoms with van der Waals surface area (Å²) in [7, 11) is 0. The van der Waals surface area contributed by atoms with Gasteiger partial charge in [-0.05, 0) is 6.42 Å². The molecule has 1 rings (SSSR count). The van der Waals surface area contributed by atoms with Gasteiger partial charge in [-0.15, -0.1) is 12.8 Å². The third-order valence-corrected chi connectivity index (χ3v) is 2.56. The Kier molecular flexibility index (Phi) is 7.68. The maximum absolute atomic E-state index is 11.4. The number of carbonyl (C=O) groups excluding carboxylic acids is 1. The molecule has 0 aliphatic carbocycles. The number of benzene rings is 1. The second kappa shape index (κ2) is 8.40. The van der Waals surface area contributed by atoms with E-state index in [0.717, 1.165) is 17.7 Å². The van der Waals surface area contributed by atoms with Gasteiger partial charge >= 0.3 is 0 Å². The van der Waals surface area contributed by atoms with E-state index in [2.05, 4.69) is 19.8 Å². The van der Waals surface area contributed by atoms with Crippen molar-refractivity contribution in [2.24, 2.45) is 0 Å². The maximum Gasteiger partial charge on any atom is 0.219 e. The summed E-state index contributed by atoms with van der Waals surface area (Å²) in [6.45, 7) is 2.07. The van der Waals surface area contributed by atoms with Gasteiger partial charge in [0.15, 0.2) is 0 Å². The van der Waals surface area contributed by atoms with Crippen LogP contribution in [0.3, 0.4) is 0 Å². The van der Waals surface area contributed by atoms with Gasteiger partial charge in [0.2, 0.25) is 5.12 Å². The van der Waals surface area contributed by atoms with Crippen LogP contribution < -0.4 is 0 Å². The molecule has 0 aliphatic heterocycles. The topological polar surface area (TPSA) is 17.1 Å². The zero-order valence-electron chi connectivity index (χ0n) is 8.27. The average molecular weight is 206 g/mol. The Morgan fingerprint density at radius 1 is 1.29 bits per heavy atom. The molecule has 0 unspecified atom stereocenters. The highest BCUT2D eigenvalue weighted by Crippen LogP contribution is 2.12. The van der Waals surface area contributed by atoms with Crippen molar-refractivity contribution in [3.8, 4) is 12.8 Å². The summed E-state index contributed by atoms with van der Waals surface area (Å²) in [6.07, 6.45) is 9.04. The van der Waals surface area contributed by atoms with Crippen LogP contribution in [0.15, 0.2) is 30.3 Å². The van der Waals surface area contributed by atoms with Gasteiger partial charge in [0.25, 0.3) is 0 Å². The Labute approximate surface area is 89.9 Å². The molecule has 0 atom stereocenters. The summed E-state index contributed by atoms with van der Waals surface area (Å²) in [5.41, 5.74) is 0.802. The summed E-state index contributed by atoms with van der Waals surface area (Å²) >= 11 is 1.39. The van der Waals surface area contributed by atoms with Crippen molar-refractivity contribution >= 4 is 16.9 Å². The zero-order chi connectivity index (χ0) is 10.8. The summed E-state index contributed by atoms with van der Waals surface area (Å²) in [6, 6.07) is 9.40. The second-order valence-electron chi connectivity index (χ2n) is 2.50. The summed E-state index contributed by atoms with van der Waals surface area (Å²) in [4.78, 5) is 11.4. The van der Waals surface area contributed by atoms with Crippen molar-refractivity contribution in [2.45, 2.75) is 13.3 Å². The number of carbonyl (C=O) groups is 1. The highest BCUT2D eigenvalue weighted by Gasteiger charge is 2.03. The van der Waals surface area contributed by atoms with Gasteiger partial charge in [-0.1, -0.05) is 49.0 Å². The molecule has 0 bridgehead atoms. The average Bonchev–Trinajstić information content (AvgIpc) is 2.30. The molecule has 74 valence electrons. The molecule has 0 aliphatic rings. The molecule has 0 heterocycles. The molecule has 2 heteroatoms. The molecule has 0 saturated heterocycles. The standard InChI is InChI=1S/C10H12OS.C2H2/c1-2-8-12-10(11)9-6-4-3-5-7-9;1-2/h3-7H,2,8H2,1H3;1-2H. The molecular weight excluding hydrogens is 192 g/mol. The van der Waals surface area contributed by atoms with Gasteiger partial charge in [0, 0.05) is 11.3 Å². The molecular formula is C12H14OS. The van der Waals surface area contributed by atoms with Crippen molar-refractivity contribution in [2.75, 3.05) is 5.75 Å². The first-order valence-electron chi connectivity index (χ1n) is 4.40. The first kappa shape index (κ1) is 12.8. The van der Waals surface area contributed by atoms with E-state index in [1.807, 2.05) is 30.3 Å². The molecule has 1 aromatic carbocycles. The van der Waals surface area contributed by atoms with Crippen LogP contribution in [0, 0.1) is 12.8 Å². The molecule has 1 aromatic rings. The third kappa shape index (κ3) is 4.74. The first-order chi connectivity index (χ1) is 6.84. The molecule has 0 fully saturated rings. The smallest absolute Gasteiger partial charge is 0.219 e. The van der Waals surface area contributed by atoms with Crippen LogP contribution in [0.1, 0.15) is 23.7 Å². The fraction of sp³-hybridized carbons (Fsp3) is 0.250. The van der Waals surface area contributed by atoms with E-state index in [9.17, 15) is 4.79 Å². The van der Waals surface area contributed by atoms with Crippen LogP contribution in [0.2, 0.25) is 0 Å². The Hall–Kier alpha value is -1.20.